The molecule has 2 amide bonds. The van der Waals surface area contributed by atoms with Crippen molar-refractivity contribution in [3.63, 3.8) is 0 Å². The molecule has 8 heteroatoms. The number of pyridine rings is 1. The number of halogens is 2. The molecule has 2 aliphatic rings. The molecule has 0 N–H and O–H groups in total. The third-order valence-electron chi connectivity index (χ3n) is 5.35. The van der Waals surface area contributed by atoms with E-state index in [2.05, 4.69) is 11.9 Å². The van der Waals surface area contributed by atoms with Crippen molar-refractivity contribution >= 4 is 11.8 Å². The highest BCUT2D eigenvalue weighted by Gasteiger charge is 2.41. The molecular formula is C19H25F2N3O3. The lowest BCUT2D eigenvalue weighted by molar-refractivity contribution is -0.135. The van der Waals surface area contributed by atoms with E-state index in [1.165, 1.54) is 4.90 Å². The Morgan fingerprint density at radius 3 is 2.70 bits per heavy atom. The van der Waals surface area contributed by atoms with Gasteiger partial charge in [-0.05, 0) is 19.3 Å². The summed E-state index contributed by atoms with van der Waals surface area (Å²) >= 11 is 0. The minimum Gasteiger partial charge on any atom is -0.372 e. The van der Waals surface area contributed by atoms with Crippen molar-refractivity contribution in [2.24, 2.45) is 0 Å². The summed E-state index contributed by atoms with van der Waals surface area (Å²) in [6, 6.07) is 0.656. The average molecular weight is 381 g/mol. The molecule has 0 atom stereocenters. The van der Waals surface area contributed by atoms with Gasteiger partial charge in [0.1, 0.15) is 5.82 Å². The molecule has 6 nitrogen and oxygen atoms in total. The summed E-state index contributed by atoms with van der Waals surface area (Å²) in [7, 11) is 0. The zero-order valence-electron chi connectivity index (χ0n) is 15.5. The van der Waals surface area contributed by atoms with Crippen LogP contribution in [-0.4, -0.2) is 65.0 Å². The molecule has 3 heterocycles. The van der Waals surface area contributed by atoms with Gasteiger partial charge in [0.05, 0.1) is 24.8 Å². The first-order valence-electron chi connectivity index (χ1n) is 9.46. The number of ether oxygens (including phenoxy) is 1. The normalized spacial score (nSPS) is 20.0. The van der Waals surface area contributed by atoms with E-state index in [4.69, 9.17) is 4.74 Å². The molecule has 0 bridgehead atoms. The summed E-state index contributed by atoms with van der Waals surface area (Å²) < 4.78 is 32.9. The van der Waals surface area contributed by atoms with E-state index in [9.17, 15) is 18.4 Å². The molecule has 27 heavy (non-hydrogen) atoms. The number of piperidine rings is 1. The first kappa shape index (κ1) is 19.7. The smallest absolute Gasteiger partial charge is 0.275 e. The Morgan fingerprint density at radius 2 is 2.04 bits per heavy atom. The molecule has 1 aromatic heterocycles. The lowest BCUT2D eigenvalue weighted by Gasteiger charge is -2.40. The van der Waals surface area contributed by atoms with E-state index in [1.54, 1.807) is 0 Å². The topological polar surface area (TPSA) is 62.7 Å². The van der Waals surface area contributed by atoms with Gasteiger partial charge in [0.15, 0.2) is 11.5 Å². The predicted octanol–water partition coefficient (Wildman–Crippen LogP) is 2.38. The maximum Gasteiger partial charge on any atom is 0.275 e. The molecule has 3 rings (SSSR count). The molecule has 148 valence electrons. The van der Waals surface area contributed by atoms with Crippen LogP contribution in [-0.2, 0) is 9.53 Å². The van der Waals surface area contributed by atoms with Gasteiger partial charge in [0.2, 0.25) is 5.91 Å². The highest BCUT2D eigenvalue weighted by atomic mass is 19.1. The molecule has 2 aliphatic heterocycles. The minimum absolute atomic E-state index is 0.0898. The summed E-state index contributed by atoms with van der Waals surface area (Å²) in [6.45, 7) is 4.60. The van der Waals surface area contributed by atoms with Crippen LogP contribution < -0.4 is 0 Å². The second-order valence-electron chi connectivity index (χ2n) is 7.22. The van der Waals surface area contributed by atoms with Crippen LogP contribution in [0.4, 0.5) is 8.78 Å². The number of unbranched alkanes of at least 4 members (excludes halogenated alkanes) is 1. The van der Waals surface area contributed by atoms with Crippen LogP contribution in [0.1, 0.15) is 49.5 Å². The van der Waals surface area contributed by atoms with E-state index in [0.29, 0.717) is 51.6 Å². The highest BCUT2D eigenvalue weighted by molar-refractivity contribution is 5.92. The molecule has 0 radical (unpaired) electrons. The second kappa shape index (κ2) is 8.29. The van der Waals surface area contributed by atoms with Gasteiger partial charge in [0.25, 0.3) is 5.91 Å². The Bertz CT molecular complexity index is 705. The number of amides is 2. The third kappa shape index (κ3) is 4.43. The standard InChI is InChI=1S/C19H25F2N3O3/c1-2-3-6-23-9-10-27-19(12-16(23)25)4-7-24(8-5-19)18(26)17-15(21)11-14(20)13-22-17/h11,13H,2-10,12H2,1H3. The molecule has 0 aliphatic carbocycles. The van der Waals surface area contributed by atoms with Crippen LogP contribution >= 0.6 is 0 Å². The number of carbonyl (C=O) groups excluding carboxylic acids is 2. The zero-order chi connectivity index (χ0) is 19.4. The van der Waals surface area contributed by atoms with Gasteiger partial charge < -0.3 is 14.5 Å². The number of aromatic nitrogens is 1. The number of carbonyl (C=O) groups is 2. The molecule has 0 saturated carbocycles. The van der Waals surface area contributed by atoms with Crippen molar-refractivity contribution in [1.29, 1.82) is 0 Å². The Kier molecular flexibility index (Phi) is 6.04. The van der Waals surface area contributed by atoms with Crippen LogP contribution in [0.15, 0.2) is 12.3 Å². The van der Waals surface area contributed by atoms with Gasteiger partial charge in [-0.3, -0.25) is 9.59 Å². The van der Waals surface area contributed by atoms with E-state index in [-0.39, 0.29) is 11.6 Å². The lowest BCUT2D eigenvalue weighted by atomic mass is 9.87. The van der Waals surface area contributed by atoms with Gasteiger partial charge in [-0.15, -0.1) is 0 Å². The van der Waals surface area contributed by atoms with Crippen molar-refractivity contribution in [2.45, 2.75) is 44.6 Å². The number of nitrogens with zero attached hydrogens (tertiary/aromatic N) is 3. The van der Waals surface area contributed by atoms with Crippen molar-refractivity contribution in [3.05, 3.63) is 29.6 Å². The Labute approximate surface area is 157 Å². The minimum atomic E-state index is -0.965. The molecular weight excluding hydrogens is 356 g/mol. The van der Waals surface area contributed by atoms with Crippen molar-refractivity contribution in [1.82, 2.24) is 14.8 Å². The number of likely N-dealkylation sites (tertiary alicyclic amines) is 1. The fourth-order valence-corrected chi connectivity index (χ4v) is 3.68. The first-order valence-corrected chi connectivity index (χ1v) is 9.46. The van der Waals surface area contributed by atoms with Gasteiger partial charge in [-0.1, -0.05) is 13.3 Å². The van der Waals surface area contributed by atoms with E-state index < -0.39 is 23.1 Å². The van der Waals surface area contributed by atoms with E-state index in [1.807, 2.05) is 4.90 Å². The summed E-state index contributed by atoms with van der Waals surface area (Å²) in [6.07, 6.45) is 4.16. The van der Waals surface area contributed by atoms with Crippen LogP contribution in [0.3, 0.4) is 0 Å². The van der Waals surface area contributed by atoms with Crippen LogP contribution in [0.5, 0.6) is 0 Å². The molecule has 1 aromatic rings. The summed E-state index contributed by atoms with van der Waals surface area (Å²) in [4.78, 5) is 32.0. The van der Waals surface area contributed by atoms with Crippen molar-refractivity contribution in [3.8, 4) is 0 Å². The maximum atomic E-state index is 13.8. The van der Waals surface area contributed by atoms with Gasteiger partial charge >= 0.3 is 0 Å². The van der Waals surface area contributed by atoms with Crippen LogP contribution in [0, 0.1) is 11.6 Å². The molecule has 0 unspecified atom stereocenters. The summed E-state index contributed by atoms with van der Waals surface area (Å²) in [5.74, 6) is -2.26. The maximum absolute atomic E-state index is 13.8. The number of hydrogen-bond donors (Lipinski definition) is 0. The fourth-order valence-electron chi connectivity index (χ4n) is 3.68. The van der Waals surface area contributed by atoms with Crippen molar-refractivity contribution < 1.29 is 23.1 Å². The second-order valence-corrected chi connectivity index (χ2v) is 7.22. The summed E-state index contributed by atoms with van der Waals surface area (Å²) in [5, 5.41) is 0. The molecule has 2 fully saturated rings. The highest BCUT2D eigenvalue weighted by Crippen LogP contribution is 2.33. The van der Waals surface area contributed by atoms with Gasteiger partial charge in [-0.25, -0.2) is 13.8 Å². The van der Waals surface area contributed by atoms with E-state index in [0.717, 1.165) is 25.6 Å². The Balaban J connectivity index is 1.62. The number of rotatable bonds is 4. The Morgan fingerprint density at radius 1 is 1.30 bits per heavy atom. The molecule has 2 saturated heterocycles. The SMILES string of the molecule is CCCCN1CCOC2(CCN(C(=O)c3ncc(F)cc3F)CC2)CC1=O. The molecule has 1 spiro atoms. The fraction of sp³-hybridized carbons (Fsp3) is 0.632. The Hall–Kier alpha value is -2.09. The third-order valence-corrected chi connectivity index (χ3v) is 5.35. The summed E-state index contributed by atoms with van der Waals surface area (Å²) in [5.41, 5.74) is -0.945. The first-order chi connectivity index (χ1) is 12.9. The number of hydrogen-bond acceptors (Lipinski definition) is 4. The average Bonchev–Trinajstić information content (AvgIpc) is 2.79. The largest absolute Gasteiger partial charge is 0.372 e. The quantitative estimate of drug-likeness (QED) is 0.803. The van der Waals surface area contributed by atoms with Crippen LogP contribution in [0.25, 0.3) is 0 Å². The monoisotopic (exact) mass is 381 g/mol. The predicted molar refractivity (Wildman–Crippen MR) is 94.1 cm³/mol. The van der Waals surface area contributed by atoms with Gasteiger partial charge in [-0.2, -0.15) is 0 Å². The van der Waals surface area contributed by atoms with Crippen LogP contribution in [0.2, 0.25) is 0 Å². The van der Waals surface area contributed by atoms with Gasteiger partial charge in [0, 0.05) is 32.2 Å². The van der Waals surface area contributed by atoms with Crippen molar-refractivity contribution in [2.75, 3.05) is 32.8 Å². The molecule has 0 aromatic carbocycles. The lowest BCUT2D eigenvalue weighted by Crippen LogP contribution is -2.49. The zero-order valence-corrected chi connectivity index (χ0v) is 15.5. The van der Waals surface area contributed by atoms with E-state index >= 15 is 0 Å².